The van der Waals surface area contributed by atoms with Gasteiger partial charge in [0.25, 0.3) is 14.2 Å². The number of aromatic nitrogens is 4. The second-order valence-electron chi connectivity index (χ2n) is 15.5. The first-order chi connectivity index (χ1) is 26.2. The number of anilines is 1. The van der Waals surface area contributed by atoms with Gasteiger partial charge in [0, 0.05) is 12.0 Å². The monoisotopic (exact) mass is 801 g/mol. The molecule has 1 aliphatic heterocycles. The second kappa shape index (κ2) is 16.3. The molecule has 1 fully saturated rings. The molecule has 6 rings (SSSR count). The minimum absolute atomic E-state index is 0.0262. The molecule has 3 atom stereocenters. The molecule has 0 saturated carbocycles. The SMILES string of the molecule is CCOP(=O)(OCC)[C@@]1(O[Si](C)(C)C)C[C@H](n2cnc3c(NC(=O)c4ccccc4)ncnc32)O[C@@H]1CO[Si](c1ccccc1)(c1ccccc1)C(C)(C)C. The third-order valence-corrected chi connectivity index (χ3v) is 18.5. The molecule has 0 aliphatic carbocycles. The topological polar surface area (TPSA) is 136 Å². The summed E-state index contributed by atoms with van der Waals surface area (Å²) in [5.74, 6) is -0.0780. The molecular weight excluding hydrogens is 750 g/mol. The van der Waals surface area contributed by atoms with E-state index in [0.29, 0.717) is 16.7 Å². The number of amides is 1. The van der Waals surface area contributed by atoms with Gasteiger partial charge in [-0.15, -0.1) is 0 Å². The van der Waals surface area contributed by atoms with Crippen LogP contribution in [0.3, 0.4) is 0 Å². The van der Waals surface area contributed by atoms with Gasteiger partial charge in [-0.1, -0.05) is 99.6 Å². The first-order valence-electron chi connectivity index (χ1n) is 18.7. The van der Waals surface area contributed by atoms with E-state index in [0.717, 1.165) is 10.4 Å². The van der Waals surface area contributed by atoms with Gasteiger partial charge in [0.05, 0.1) is 26.1 Å². The molecule has 1 aliphatic rings. The highest BCUT2D eigenvalue weighted by Crippen LogP contribution is 2.68. The molecule has 0 bridgehead atoms. The zero-order valence-electron chi connectivity index (χ0n) is 32.9. The number of nitrogens with zero attached hydrogens (tertiary/aromatic N) is 4. The smallest absolute Gasteiger partial charge is 0.364 e. The lowest BCUT2D eigenvalue weighted by molar-refractivity contribution is -0.0539. The molecule has 5 aromatic rings. The van der Waals surface area contributed by atoms with Crippen LogP contribution in [-0.2, 0) is 27.2 Å². The van der Waals surface area contributed by atoms with Gasteiger partial charge in [0.2, 0.25) is 0 Å². The normalized spacial score (nSPS) is 19.5. The summed E-state index contributed by atoms with van der Waals surface area (Å²) in [7, 11) is -9.70. The van der Waals surface area contributed by atoms with Crippen LogP contribution in [0, 0.1) is 0 Å². The summed E-state index contributed by atoms with van der Waals surface area (Å²) in [5.41, 5.74) is 1.27. The maximum absolute atomic E-state index is 15.4. The molecule has 3 heterocycles. The van der Waals surface area contributed by atoms with Crippen LogP contribution in [0.2, 0.25) is 24.7 Å². The van der Waals surface area contributed by atoms with E-state index in [2.05, 4.69) is 65.3 Å². The number of nitrogens with one attached hydrogen (secondary N) is 1. The summed E-state index contributed by atoms with van der Waals surface area (Å²) in [5, 5.41) is 3.17. The zero-order valence-corrected chi connectivity index (χ0v) is 35.8. The molecule has 1 N–H and O–H groups in total. The Balaban J connectivity index is 1.47. The fourth-order valence-electron chi connectivity index (χ4n) is 7.52. The lowest BCUT2D eigenvalue weighted by Crippen LogP contribution is -2.67. The van der Waals surface area contributed by atoms with Crippen LogP contribution in [-0.4, -0.2) is 73.3 Å². The number of hydrogen-bond donors (Lipinski definition) is 1. The van der Waals surface area contributed by atoms with E-state index in [1.807, 2.05) is 62.1 Å². The summed E-state index contributed by atoms with van der Waals surface area (Å²) in [6.07, 6.45) is 1.36. The minimum atomic E-state index is -4.08. The Morgan fingerprint density at radius 1 is 0.891 bits per heavy atom. The van der Waals surface area contributed by atoms with Crippen molar-refractivity contribution in [2.45, 2.75) is 83.4 Å². The molecule has 1 saturated heterocycles. The quantitative estimate of drug-likeness (QED) is 0.0827. The number of imidazole rings is 1. The fraction of sp³-hybridized carbons (Fsp3) is 0.400. The number of carbonyl (C=O) groups excluding carboxylic acids is 1. The molecule has 0 unspecified atom stereocenters. The van der Waals surface area contributed by atoms with E-state index >= 15 is 4.57 Å². The summed E-state index contributed by atoms with van der Waals surface area (Å²) in [4.78, 5) is 26.7. The number of benzene rings is 3. The van der Waals surface area contributed by atoms with Crippen LogP contribution in [0.5, 0.6) is 0 Å². The van der Waals surface area contributed by atoms with Crippen LogP contribution in [0.25, 0.3) is 11.2 Å². The van der Waals surface area contributed by atoms with Crippen molar-refractivity contribution in [3.05, 3.63) is 109 Å². The highest BCUT2D eigenvalue weighted by atomic mass is 31.2. The van der Waals surface area contributed by atoms with Crippen molar-refractivity contribution < 1.29 is 32.0 Å². The fourth-order valence-corrected chi connectivity index (χ4v) is 16.7. The summed E-state index contributed by atoms with van der Waals surface area (Å²) >= 11 is 0. The Bertz CT molecular complexity index is 2060. The van der Waals surface area contributed by atoms with Crippen LogP contribution < -0.4 is 15.7 Å². The first kappa shape index (κ1) is 40.8. The standard InChI is InChI=1S/C40H52N5O7PSi2/c1-9-48-53(47,49-10-2)40(52-54(6,7)8)26-34(45-29-43-35-36(41-28-42-37(35)45)44-38(46)30-20-14-11-15-21-30)51-33(40)27-50-55(39(3,4)5,31-22-16-12-17-23-31)32-24-18-13-19-25-32/h11-25,28-29,33-34H,9-10,26-27H2,1-8H3,(H,41,42,44,46)/t33-,34-,40+/m1/s1. The molecular formula is C40H52N5O7PSi2. The molecule has 2 aromatic heterocycles. The molecule has 0 spiro atoms. The van der Waals surface area contributed by atoms with Crippen molar-refractivity contribution >= 4 is 57.5 Å². The van der Waals surface area contributed by atoms with Gasteiger partial charge in [-0.05, 0) is 61.0 Å². The molecule has 3 aromatic carbocycles. The zero-order chi connectivity index (χ0) is 39.5. The van der Waals surface area contributed by atoms with E-state index in [1.54, 1.807) is 49.0 Å². The van der Waals surface area contributed by atoms with Gasteiger partial charge in [-0.3, -0.25) is 13.9 Å². The van der Waals surface area contributed by atoms with E-state index in [-0.39, 0.29) is 43.0 Å². The van der Waals surface area contributed by atoms with Crippen molar-refractivity contribution in [1.82, 2.24) is 19.5 Å². The lowest BCUT2D eigenvalue weighted by atomic mass is 10.2. The first-order valence-corrected chi connectivity index (χ1v) is 25.6. The Labute approximate surface area is 325 Å². The van der Waals surface area contributed by atoms with Crippen LogP contribution in [0.4, 0.5) is 5.82 Å². The molecule has 0 radical (unpaired) electrons. The predicted octanol–water partition coefficient (Wildman–Crippen LogP) is 7.76. The van der Waals surface area contributed by atoms with Crippen molar-refractivity contribution in [1.29, 1.82) is 0 Å². The summed E-state index contributed by atoms with van der Waals surface area (Å²) in [6.45, 7) is 16.6. The van der Waals surface area contributed by atoms with Crippen LogP contribution in [0.15, 0.2) is 104 Å². The molecule has 292 valence electrons. The molecule has 55 heavy (non-hydrogen) atoms. The van der Waals surface area contributed by atoms with Gasteiger partial charge in [-0.2, -0.15) is 0 Å². The Morgan fingerprint density at radius 2 is 1.45 bits per heavy atom. The largest absolute Gasteiger partial charge is 0.405 e. The highest BCUT2D eigenvalue weighted by Gasteiger charge is 2.66. The van der Waals surface area contributed by atoms with E-state index in [9.17, 15) is 4.79 Å². The van der Waals surface area contributed by atoms with Crippen molar-refractivity contribution in [2.24, 2.45) is 0 Å². The number of carbonyl (C=O) groups is 1. The summed E-state index contributed by atoms with van der Waals surface area (Å²) < 4.78 is 51.1. The van der Waals surface area contributed by atoms with E-state index in [4.69, 9.17) is 22.6 Å². The van der Waals surface area contributed by atoms with Crippen LogP contribution in [0.1, 0.15) is 57.6 Å². The molecule has 1 amide bonds. The summed E-state index contributed by atoms with van der Waals surface area (Å²) in [6, 6.07) is 29.6. The van der Waals surface area contributed by atoms with Gasteiger partial charge < -0.3 is 28.0 Å². The maximum Gasteiger partial charge on any atom is 0.364 e. The van der Waals surface area contributed by atoms with Crippen molar-refractivity contribution in [3.63, 3.8) is 0 Å². The van der Waals surface area contributed by atoms with Crippen molar-refractivity contribution in [3.8, 4) is 0 Å². The van der Waals surface area contributed by atoms with E-state index in [1.165, 1.54) is 6.33 Å². The molecule has 15 heteroatoms. The van der Waals surface area contributed by atoms with Gasteiger partial charge in [-0.25, -0.2) is 15.0 Å². The lowest BCUT2D eigenvalue weighted by Gasteiger charge is -2.46. The highest BCUT2D eigenvalue weighted by molar-refractivity contribution is 7.55. The number of hydrogen-bond acceptors (Lipinski definition) is 10. The maximum atomic E-state index is 15.4. The Morgan fingerprint density at radius 3 is 1.98 bits per heavy atom. The van der Waals surface area contributed by atoms with Crippen molar-refractivity contribution in [2.75, 3.05) is 25.1 Å². The third kappa shape index (κ3) is 8.05. The average molecular weight is 802 g/mol. The average Bonchev–Trinajstić information content (AvgIpc) is 3.75. The van der Waals surface area contributed by atoms with Gasteiger partial charge in [0.15, 0.2) is 30.6 Å². The number of fused-ring (bicyclic) bond motifs is 1. The van der Waals surface area contributed by atoms with Crippen LogP contribution >= 0.6 is 7.60 Å². The molecule has 12 nitrogen and oxygen atoms in total. The third-order valence-electron chi connectivity index (χ3n) is 9.64. The minimum Gasteiger partial charge on any atom is -0.405 e. The second-order valence-corrected chi connectivity index (χ2v) is 26.5. The Hall–Kier alpha value is -3.86. The Kier molecular flexibility index (Phi) is 12.1. The number of ether oxygens (including phenoxy) is 1. The van der Waals surface area contributed by atoms with Gasteiger partial charge in [0.1, 0.15) is 18.7 Å². The van der Waals surface area contributed by atoms with Gasteiger partial charge >= 0.3 is 7.60 Å². The van der Waals surface area contributed by atoms with E-state index < -0.39 is 41.9 Å². The number of rotatable bonds is 15. The predicted molar refractivity (Wildman–Crippen MR) is 220 cm³/mol.